The molecule has 0 aliphatic carbocycles. The maximum atomic E-state index is 12.7. The number of aromatic nitrogens is 2. The van der Waals surface area contributed by atoms with Crippen LogP contribution in [0.1, 0.15) is 53.5 Å². The summed E-state index contributed by atoms with van der Waals surface area (Å²) >= 11 is 0. The number of fused-ring (bicyclic) bond motifs is 1. The lowest BCUT2D eigenvalue weighted by Crippen LogP contribution is -2.25. The van der Waals surface area contributed by atoms with Crippen molar-refractivity contribution >= 4 is 16.9 Å². The lowest BCUT2D eigenvalue weighted by Gasteiger charge is -2.15. The maximum absolute atomic E-state index is 12.7. The van der Waals surface area contributed by atoms with Gasteiger partial charge in [-0.3, -0.25) is 4.79 Å². The van der Waals surface area contributed by atoms with Crippen molar-refractivity contribution in [1.82, 2.24) is 14.9 Å². The third-order valence-corrected chi connectivity index (χ3v) is 6.05. The number of rotatable bonds is 10. The Hall–Kier alpha value is -3.80. The first-order valence-electron chi connectivity index (χ1n) is 12.1. The summed E-state index contributed by atoms with van der Waals surface area (Å²) in [4.78, 5) is 17.5. The Bertz CT molecular complexity index is 1310. The van der Waals surface area contributed by atoms with Crippen LogP contribution in [0.3, 0.4) is 0 Å². The first-order chi connectivity index (χ1) is 17.0. The molecule has 0 unspecified atom stereocenters. The second-order valence-electron chi connectivity index (χ2n) is 8.98. The second-order valence-corrected chi connectivity index (χ2v) is 8.98. The van der Waals surface area contributed by atoms with Gasteiger partial charge in [0, 0.05) is 12.1 Å². The lowest BCUT2D eigenvalue weighted by molar-refractivity contribution is 0.0949. The minimum Gasteiger partial charge on any atom is -0.497 e. The predicted octanol–water partition coefficient (Wildman–Crippen LogP) is 5.88. The Morgan fingerprint density at radius 3 is 2.69 bits per heavy atom. The molecule has 1 N–H and O–H groups in total. The van der Waals surface area contributed by atoms with Crippen molar-refractivity contribution in [2.75, 3.05) is 13.7 Å². The number of ether oxygens (including phenoxy) is 2. The van der Waals surface area contributed by atoms with E-state index in [0.29, 0.717) is 30.4 Å². The fourth-order valence-corrected chi connectivity index (χ4v) is 4.18. The maximum Gasteiger partial charge on any atom is 0.251 e. The summed E-state index contributed by atoms with van der Waals surface area (Å²) in [6.07, 6.45) is 0.822. The molecule has 1 heterocycles. The summed E-state index contributed by atoms with van der Waals surface area (Å²) in [7, 11) is 1.59. The Labute approximate surface area is 206 Å². The topological polar surface area (TPSA) is 65.4 Å². The van der Waals surface area contributed by atoms with Gasteiger partial charge in [0.15, 0.2) is 0 Å². The van der Waals surface area contributed by atoms with E-state index in [2.05, 4.69) is 54.9 Å². The number of benzene rings is 3. The standard InChI is InChI=1S/C29H33N3O3/c1-20(2)24-14-13-21(3)17-27(24)35-16-8-15-32-26-12-6-5-11-25(26)31-28(32)19-30-29(33)22-9-7-10-23(18-22)34-4/h5-7,9-14,17-18,20H,8,15-16,19H2,1-4H3,(H,30,33). The fourth-order valence-electron chi connectivity index (χ4n) is 4.18. The number of methoxy groups -OCH3 is 1. The Morgan fingerprint density at radius 1 is 1.06 bits per heavy atom. The van der Waals surface area contributed by atoms with Gasteiger partial charge in [0.2, 0.25) is 0 Å². The first-order valence-corrected chi connectivity index (χ1v) is 12.1. The number of hydrogen-bond donors (Lipinski definition) is 1. The molecule has 4 rings (SSSR count). The monoisotopic (exact) mass is 471 g/mol. The largest absolute Gasteiger partial charge is 0.497 e. The summed E-state index contributed by atoms with van der Waals surface area (Å²) in [5.74, 6) is 2.68. The molecule has 182 valence electrons. The first kappa shape index (κ1) is 24.3. The number of para-hydroxylation sites is 2. The number of imidazole rings is 1. The van der Waals surface area contributed by atoms with Crippen LogP contribution < -0.4 is 14.8 Å². The Morgan fingerprint density at radius 2 is 1.89 bits per heavy atom. The molecule has 1 aromatic heterocycles. The average Bonchev–Trinajstić information content (AvgIpc) is 3.22. The Balaban J connectivity index is 1.44. The van der Waals surface area contributed by atoms with Crippen LogP contribution in [-0.4, -0.2) is 29.2 Å². The molecule has 0 spiro atoms. The zero-order valence-electron chi connectivity index (χ0n) is 20.9. The Kier molecular flexibility index (Phi) is 7.70. The van der Waals surface area contributed by atoms with Crippen molar-refractivity contribution in [2.45, 2.75) is 46.2 Å². The van der Waals surface area contributed by atoms with E-state index in [9.17, 15) is 4.79 Å². The van der Waals surface area contributed by atoms with Gasteiger partial charge in [0.25, 0.3) is 5.91 Å². The van der Waals surface area contributed by atoms with Crippen molar-refractivity contribution in [1.29, 1.82) is 0 Å². The zero-order valence-corrected chi connectivity index (χ0v) is 20.9. The van der Waals surface area contributed by atoms with Crippen molar-refractivity contribution in [3.8, 4) is 11.5 Å². The highest BCUT2D eigenvalue weighted by Gasteiger charge is 2.13. The normalized spacial score (nSPS) is 11.1. The minimum atomic E-state index is -0.161. The summed E-state index contributed by atoms with van der Waals surface area (Å²) in [5.41, 5.74) is 4.94. The van der Waals surface area contributed by atoms with E-state index in [1.54, 1.807) is 19.2 Å². The van der Waals surface area contributed by atoms with E-state index in [1.807, 2.05) is 30.3 Å². The molecule has 3 aromatic carbocycles. The number of carbonyl (C=O) groups excluding carboxylic acids is 1. The molecule has 0 aliphatic heterocycles. The highest BCUT2D eigenvalue weighted by molar-refractivity contribution is 5.94. The van der Waals surface area contributed by atoms with Gasteiger partial charge < -0.3 is 19.4 Å². The molecular formula is C29H33N3O3. The summed E-state index contributed by atoms with van der Waals surface area (Å²) in [5, 5.41) is 3.00. The van der Waals surface area contributed by atoms with E-state index in [4.69, 9.17) is 14.5 Å². The molecular weight excluding hydrogens is 438 g/mol. The van der Waals surface area contributed by atoms with Gasteiger partial charge in [-0.2, -0.15) is 0 Å². The summed E-state index contributed by atoms with van der Waals surface area (Å²) in [6.45, 7) is 8.13. The lowest BCUT2D eigenvalue weighted by atomic mass is 10.0. The van der Waals surface area contributed by atoms with E-state index in [0.717, 1.165) is 35.6 Å². The molecule has 0 fully saturated rings. The number of amides is 1. The molecule has 0 radical (unpaired) electrons. The minimum absolute atomic E-state index is 0.161. The van der Waals surface area contributed by atoms with Crippen LogP contribution in [-0.2, 0) is 13.1 Å². The van der Waals surface area contributed by atoms with Crippen molar-refractivity contribution in [2.24, 2.45) is 0 Å². The van der Waals surface area contributed by atoms with Crippen LogP contribution in [0.4, 0.5) is 0 Å². The van der Waals surface area contributed by atoms with Gasteiger partial charge in [0.05, 0.1) is 31.3 Å². The van der Waals surface area contributed by atoms with Gasteiger partial charge >= 0.3 is 0 Å². The third-order valence-electron chi connectivity index (χ3n) is 6.05. The van der Waals surface area contributed by atoms with Gasteiger partial charge in [-0.1, -0.05) is 44.2 Å². The molecule has 1 amide bonds. The van der Waals surface area contributed by atoms with Crippen LogP contribution in [0.15, 0.2) is 66.7 Å². The average molecular weight is 472 g/mol. The zero-order chi connectivity index (χ0) is 24.8. The molecule has 0 aliphatic rings. The molecule has 6 nitrogen and oxygen atoms in total. The molecule has 0 saturated carbocycles. The summed E-state index contributed by atoms with van der Waals surface area (Å²) < 4.78 is 13.6. The molecule has 4 aromatic rings. The fraction of sp³-hybridized carbons (Fsp3) is 0.310. The number of nitrogens with one attached hydrogen (secondary N) is 1. The third kappa shape index (κ3) is 5.83. The van der Waals surface area contributed by atoms with Crippen molar-refractivity contribution in [3.63, 3.8) is 0 Å². The number of carbonyl (C=O) groups is 1. The molecule has 0 saturated heterocycles. The van der Waals surface area contributed by atoms with E-state index >= 15 is 0 Å². The van der Waals surface area contributed by atoms with Crippen LogP contribution in [0.2, 0.25) is 0 Å². The SMILES string of the molecule is COc1cccc(C(=O)NCc2nc3ccccc3n2CCCOc2cc(C)ccc2C(C)C)c1. The molecule has 0 atom stereocenters. The van der Waals surface area contributed by atoms with Crippen LogP contribution in [0, 0.1) is 6.92 Å². The molecule has 0 bridgehead atoms. The number of aryl methyl sites for hydroxylation is 2. The van der Waals surface area contributed by atoms with Crippen molar-refractivity contribution < 1.29 is 14.3 Å². The van der Waals surface area contributed by atoms with Crippen LogP contribution >= 0.6 is 0 Å². The number of nitrogens with zero attached hydrogens (tertiary/aromatic N) is 2. The van der Waals surface area contributed by atoms with Gasteiger partial charge in [-0.05, 0) is 66.8 Å². The van der Waals surface area contributed by atoms with Gasteiger partial charge in [-0.15, -0.1) is 0 Å². The van der Waals surface area contributed by atoms with Gasteiger partial charge in [0.1, 0.15) is 17.3 Å². The highest BCUT2D eigenvalue weighted by atomic mass is 16.5. The smallest absolute Gasteiger partial charge is 0.251 e. The van der Waals surface area contributed by atoms with E-state index in [1.165, 1.54) is 11.1 Å². The predicted molar refractivity (Wildman–Crippen MR) is 139 cm³/mol. The van der Waals surface area contributed by atoms with Crippen LogP contribution in [0.25, 0.3) is 11.0 Å². The van der Waals surface area contributed by atoms with E-state index < -0.39 is 0 Å². The molecule has 6 heteroatoms. The second kappa shape index (κ2) is 11.1. The molecule has 35 heavy (non-hydrogen) atoms. The van der Waals surface area contributed by atoms with Gasteiger partial charge in [-0.25, -0.2) is 4.98 Å². The van der Waals surface area contributed by atoms with Crippen molar-refractivity contribution in [3.05, 3.63) is 89.2 Å². The highest BCUT2D eigenvalue weighted by Crippen LogP contribution is 2.27. The quantitative estimate of drug-likeness (QED) is 0.294. The number of hydrogen-bond acceptors (Lipinski definition) is 4. The van der Waals surface area contributed by atoms with Crippen LogP contribution in [0.5, 0.6) is 11.5 Å². The summed E-state index contributed by atoms with van der Waals surface area (Å²) in [6, 6.07) is 21.6. The van der Waals surface area contributed by atoms with E-state index in [-0.39, 0.29) is 5.91 Å².